The van der Waals surface area contributed by atoms with Gasteiger partial charge in [0.05, 0.1) is 12.0 Å². The predicted octanol–water partition coefficient (Wildman–Crippen LogP) is 1.19. The van der Waals surface area contributed by atoms with Crippen LogP contribution in [-0.4, -0.2) is 31.7 Å². The molecule has 1 amide bonds. The van der Waals surface area contributed by atoms with E-state index in [2.05, 4.69) is 5.32 Å². The summed E-state index contributed by atoms with van der Waals surface area (Å²) in [6.45, 7) is 1.51. The van der Waals surface area contributed by atoms with E-state index >= 15 is 0 Å². The number of hydrogen-bond donors (Lipinski definition) is 2. The topological polar surface area (TPSA) is 64.3 Å². The van der Waals surface area contributed by atoms with Crippen LogP contribution in [0.5, 0.6) is 0 Å². The van der Waals surface area contributed by atoms with E-state index in [9.17, 15) is 4.79 Å². The van der Waals surface area contributed by atoms with Gasteiger partial charge in [-0.15, -0.1) is 0 Å². The maximum absolute atomic E-state index is 11.9. The zero-order valence-electron chi connectivity index (χ0n) is 10.8. The number of nitrogens with one attached hydrogen (secondary N) is 1. The Morgan fingerprint density at radius 1 is 1.35 bits per heavy atom. The van der Waals surface area contributed by atoms with Crippen molar-refractivity contribution < 1.29 is 9.53 Å². The van der Waals surface area contributed by atoms with E-state index in [1.165, 1.54) is 19.3 Å². The van der Waals surface area contributed by atoms with Crippen molar-refractivity contribution in [3.8, 4) is 0 Å². The average molecular weight is 240 g/mol. The van der Waals surface area contributed by atoms with Gasteiger partial charge in [0.15, 0.2) is 0 Å². The lowest BCUT2D eigenvalue weighted by Gasteiger charge is -2.40. The third-order valence-electron chi connectivity index (χ3n) is 4.47. The summed E-state index contributed by atoms with van der Waals surface area (Å²) < 4.78 is 5.46. The van der Waals surface area contributed by atoms with Gasteiger partial charge in [0, 0.05) is 13.7 Å². The number of rotatable bonds is 7. The van der Waals surface area contributed by atoms with Gasteiger partial charge in [-0.1, -0.05) is 0 Å². The fraction of sp³-hybridized carbons (Fsp3) is 0.923. The first-order valence-electron chi connectivity index (χ1n) is 6.66. The Morgan fingerprint density at radius 2 is 2.06 bits per heavy atom. The highest BCUT2D eigenvalue weighted by molar-refractivity contribution is 5.77. The minimum absolute atomic E-state index is 0.134. The van der Waals surface area contributed by atoms with E-state index in [1.807, 2.05) is 0 Å². The van der Waals surface area contributed by atoms with Crippen LogP contribution in [0.2, 0.25) is 0 Å². The largest absolute Gasteiger partial charge is 0.378 e. The second-order valence-electron chi connectivity index (χ2n) is 5.73. The third kappa shape index (κ3) is 2.99. The van der Waals surface area contributed by atoms with Crippen LogP contribution >= 0.6 is 0 Å². The monoisotopic (exact) mass is 240 g/mol. The van der Waals surface area contributed by atoms with Gasteiger partial charge in [-0.3, -0.25) is 4.79 Å². The highest BCUT2D eigenvalue weighted by atomic mass is 16.5. The summed E-state index contributed by atoms with van der Waals surface area (Å²) in [7, 11) is 1.71. The highest BCUT2D eigenvalue weighted by Gasteiger charge is 2.43. The van der Waals surface area contributed by atoms with E-state index in [1.54, 1.807) is 7.11 Å². The van der Waals surface area contributed by atoms with Gasteiger partial charge < -0.3 is 15.8 Å². The van der Waals surface area contributed by atoms with Crippen LogP contribution in [0.4, 0.5) is 0 Å². The van der Waals surface area contributed by atoms with E-state index in [0.29, 0.717) is 11.8 Å². The standard InChI is InChI=1S/C13H24N2O2/c1-17-13(3-2-4-13)9-11(16)15-10-12(5-6-12)7-8-14/h2-10,14H2,1H3,(H,15,16). The molecule has 0 heterocycles. The van der Waals surface area contributed by atoms with Gasteiger partial charge in [-0.25, -0.2) is 0 Å². The van der Waals surface area contributed by atoms with Crippen LogP contribution in [0.25, 0.3) is 0 Å². The predicted molar refractivity (Wildman–Crippen MR) is 66.6 cm³/mol. The zero-order valence-corrected chi connectivity index (χ0v) is 10.8. The molecule has 0 bridgehead atoms. The minimum Gasteiger partial charge on any atom is -0.378 e. The molecule has 0 aliphatic heterocycles. The molecule has 3 N–H and O–H groups in total. The Balaban J connectivity index is 1.71. The van der Waals surface area contributed by atoms with Gasteiger partial charge in [-0.05, 0) is 50.5 Å². The summed E-state index contributed by atoms with van der Waals surface area (Å²) in [4.78, 5) is 11.9. The first kappa shape index (κ1) is 12.8. The molecule has 2 aliphatic rings. The molecule has 4 heteroatoms. The number of nitrogens with two attached hydrogens (primary N) is 1. The Hall–Kier alpha value is -0.610. The number of amides is 1. The lowest BCUT2D eigenvalue weighted by atomic mass is 9.77. The molecule has 17 heavy (non-hydrogen) atoms. The SMILES string of the molecule is COC1(CC(=O)NCC2(CCN)CC2)CCC1. The third-order valence-corrected chi connectivity index (χ3v) is 4.47. The normalized spacial score (nSPS) is 23.9. The van der Waals surface area contributed by atoms with Crippen molar-refractivity contribution in [1.82, 2.24) is 5.32 Å². The van der Waals surface area contributed by atoms with Crippen molar-refractivity contribution in [3.05, 3.63) is 0 Å². The van der Waals surface area contributed by atoms with Gasteiger partial charge in [-0.2, -0.15) is 0 Å². The van der Waals surface area contributed by atoms with Crippen molar-refractivity contribution in [2.24, 2.45) is 11.1 Å². The molecule has 2 saturated carbocycles. The maximum atomic E-state index is 11.9. The van der Waals surface area contributed by atoms with Crippen LogP contribution in [-0.2, 0) is 9.53 Å². The molecular weight excluding hydrogens is 216 g/mol. The summed E-state index contributed by atoms with van der Waals surface area (Å²) in [5, 5.41) is 3.05. The van der Waals surface area contributed by atoms with E-state index in [-0.39, 0.29) is 11.5 Å². The second-order valence-corrected chi connectivity index (χ2v) is 5.73. The highest BCUT2D eigenvalue weighted by Crippen LogP contribution is 2.47. The summed E-state index contributed by atoms with van der Waals surface area (Å²) in [6, 6.07) is 0. The molecule has 2 rings (SSSR count). The molecule has 2 aliphatic carbocycles. The lowest BCUT2D eigenvalue weighted by Crippen LogP contribution is -2.44. The molecule has 2 fully saturated rings. The van der Waals surface area contributed by atoms with Gasteiger partial charge >= 0.3 is 0 Å². The molecule has 98 valence electrons. The van der Waals surface area contributed by atoms with Crippen molar-refractivity contribution >= 4 is 5.91 Å². The van der Waals surface area contributed by atoms with Crippen LogP contribution in [0.15, 0.2) is 0 Å². The fourth-order valence-corrected chi connectivity index (χ4v) is 2.66. The summed E-state index contributed by atoms with van der Waals surface area (Å²) in [6.07, 6.45) is 7.18. The first-order valence-corrected chi connectivity index (χ1v) is 6.66. The number of hydrogen-bond acceptors (Lipinski definition) is 3. The van der Waals surface area contributed by atoms with E-state index in [0.717, 1.165) is 32.4 Å². The van der Waals surface area contributed by atoms with Crippen molar-refractivity contribution in [2.75, 3.05) is 20.2 Å². The van der Waals surface area contributed by atoms with Crippen LogP contribution in [0.1, 0.15) is 44.9 Å². The Kier molecular flexibility index (Phi) is 3.73. The van der Waals surface area contributed by atoms with Gasteiger partial charge in [0.1, 0.15) is 0 Å². The molecule has 0 saturated heterocycles. The number of carbonyl (C=O) groups is 1. The summed E-state index contributed by atoms with van der Waals surface area (Å²) >= 11 is 0. The summed E-state index contributed by atoms with van der Waals surface area (Å²) in [5.41, 5.74) is 5.75. The molecular formula is C13H24N2O2. The quantitative estimate of drug-likeness (QED) is 0.702. The number of methoxy groups -OCH3 is 1. The van der Waals surface area contributed by atoms with Crippen LogP contribution in [0, 0.1) is 5.41 Å². The maximum Gasteiger partial charge on any atom is 0.222 e. The van der Waals surface area contributed by atoms with Crippen molar-refractivity contribution in [3.63, 3.8) is 0 Å². The zero-order chi connectivity index (χ0) is 12.4. The van der Waals surface area contributed by atoms with Gasteiger partial charge in [0.25, 0.3) is 0 Å². The lowest BCUT2D eigenvalue weighted by molar-refractivity contribution is -0.134. The number of carbonyl (C=O) groups excluding carboxylic acids is 1. The summed E-state index contributed by atoms with van der Waals surface area (Å²) in [5.74, 6) is 0.134. The Bertz CT molecular complexity index is 278. The fourth-order valence-electron chi connectivity index (χ4n) is 2.66. The Labute approximate surface area is 103 Å². The van der Waals surface area contributed by atoms with Crippen LogP contribution in [0.3, 0.4) is 0 Å². The first-order chi connectivity index (χ1) is 8.14. The molecule has 0 aromatic rings. The molecule has 0 aromatic carbocycles. The van der Waals surface area contributed by atoms with E-state index < -0.39 is 0 Å². The average Bonchev–Trinajstić information content (AvgIpc) is 3.02. The molecule has 0 spiro atoms. The molecule has 4 nitrogen and oxygen atoms in total. The molecule has 0 radical (unpaired) electrons. The van der Waals surface area contributed by atoms with Gasteiger partial charge in [0.2, 0.25) is 5.91 Å². The molecule has 0 atom stereocenters. The second kappa shape index (κ2) is 4.94. The van der Waals surface area contributed by atoms with Crippen molar-refractivity contribution in [1.29, 1.82) is 0 Å². The number of ether oxygens (including phenoxy) is 1. The smallest absolute Gasteiger partial charge is 0.222 e. The molecule has 0 aromatic heterocycles. The van der Waals surface area contributed by atoms with Crippen molar-refractivity contribution in [2.45, 2.75) is 50.5 Å². The Morgan fingerprint density at radius 3 is 2.47 bits per heavy atom. The van der Waals surface area contributed by atoms with Crippen LogP contribution < -0.4 is 11.1 Å². The van der Waals surface area contributed by atoms with E-state index in [4.69, 9.17) is 10.5 Å². The minimum atomic E-state index is -0.158. The molecule has 0 unspecified atom stereocenters.